The van der Waals surface area contributed by atoms with Crippen LogP contribution in [0.2, 0.25) is 0 Å². The molecule has 1 aromatic rings. The fourth-order valence-corrected chi connectivity index (χ4v) is 2.28. The maximum atomic E-state index is 10.8. The van der Waals surface area contributed by atoms with Crippen LogP contribution in [0.5, 0.6) is 0 Å². The smallest absolute Gasteiger partial charge is 0.221 e. The van der Waals surface area contributed by atoms with Gasteiger partial charge in [-0.25, -0.2) is 0 Å². The lowest BCUT2D eigenvalue weighted by Gasteiger charge is -2.16. The number of amides is 1. The molecule has 0 aliphatic heterocycles. The molecule has 2 nitrogen and oxygen atoms in total. The van der Waals surface area contributed by atoms with Gasteiger partial charge in [0.25, 0.3) is 0 Å². The minimum atomic E-state index is -0.267. The highest BCUT2D eigenvalue weighted by atomic mass is 16.1. The summed E-state index contributed by atoms with van der Waals surface area (Å²) in [5, 5.41) is 0. The fourth-order valence-electron chi connectivity index (χ4n) is 2.28. The van der Waals surface area contributed by atoms with Crippen molar-refractivity contribution in [3.63, 3.8) is 0 Å². The van der Waals surface area contributed by atoms with Crippen molar-refractivity contribution in [3.8, 4) is 0 Å². The molecule has 0 aliphatic carbocycles. The summed E-state index contributed by atoms with van der Waals surface area (Å²) in [5.41, 5.74) is 7.58. The highest BCUT2D eigenvalue weighted by Crippen LogP contribution is 2.26. The van der Waals surface area contributed by atoms with Crippen LogP contribution in [0, 0.1) is 0 Å². The van der Waals surface area contributed by atoms with Crippen LogP contribution in [0.3, 0.4) is 0 Å². The summed E-state index contributed by atoms with van der Waals surface area (Å²) in [6.45, 7) is 4.45. The number of hydrogen-bond acceptors (Lipinski definition) is 1. The van der Waals surface area contributed by atoms with Gasteiger partial charge in [0.05, 0.1) is 6.42 Å². The van der Waals surface area contributed by atoms with Crippen LogP contribution in [-0.4, -0.2) is 5.91 Å². The maximum absolute atomic E-state index is 10.8. The summed E-state index contributed by atoms with van der Waals surface area (Å²) in [5.74, 6) is 0.393. The topological polar surface area (TPSA) is 43.1 Å². The van der Waals surface area contributed by atoms with Gasteiger partial charge in [0.1, 0.15) is 0 Å². The molecule has 0 atom stereocenters. The maximum Gasteiger partial charge on any atom is 0.221 e. The molecule has 0 heterocycles. The number of carbonyl (C=O) groups is 1. The van der Waals surface area contributed by atoms with E-state index in [2.05, 4.69) is 26.0 Å². The summed E-state index contributed by atoms with van der Waals surface area (Å²) in [4.78, 5) is 10.8. The van der Waals surface area contributed by atoms with E-state index in [0.29, 0.717) is 12.3 Å². The molecule has 0 fully saturated rings. The van der Waals surface area contributed by atoms with Gasteiger partial charge in [-0.05, 0) is 29.9 Å². The summed E-state index contributed by atoms with van der Waals surface area (Å²) >= 11 is 0. The van der Waals surface area contributed by atoms with Crippen LogP contribution in [0.1, 0.15) is 56.6 Å². The summed E-state index contributed by atoms with van der Waals surface area (Å²) < 4.78 is 0. The molecule has 2 heteroatoms. The molecule has 0 unspecified atom stereocenters. The van der Waals surface area contributed by atoms with Crippen molar-refractivity contribution < 1.29 is 4.79 Å². The molecule has 1 amide bonds. The Morgan fingerprint density at radius 3 is 2.06 bits per heavy atom. The quantitative estimate of drug-likeness (QED) is 0.770. The van der Waals surface area contributed by atoms with Gasteiger partial charge in [-0.2, -0.15) is 0 Å². The van der Waals surface area contributed by atoms with Crippen LogP contribution in [-0.2, 0) is 11.2 Å². The van der Waals surface area contributed by atoms with E-state index in [0.717, 1.165) is 5.56 Å². The highest BCUT2D eigenvalue weighted by molar-refractivity contribution is 5.76. The Bertz CT molecular complexity index is 336. The predicted molar refractivity (Wildman–Crippen MR) is 71.9 cm³/mol. The number of benzene rings is 1. The van der Waals surface area contributed by atoms with Gasteiger partial charge in [-0.1, -0.05) is 51.0 Å². The number of primary amides is 1. The molecule has 1 rings (SSSR count). The van der Waals surface area contributed by atoms with Crippen molar-refractivity contribution in [1.82, 2.24) is 0 Å². The van der Waals surface area contributed by atoms with E-state index >= 15 is 0 Å². The largest absolute Gasteiger partial charge is 0.369 e. The van der Waals surface area contributed by atoms with Gasteiger partial charge in [0.15, 0.2) is 0 Å². The molecular weight excluding hydrogens is 210 g/mol. The van der Waals surface area contributed by atoms with Crippen LogP contribution in [0.4, 0.5) is 0 Å². The van der Waals surface area contributed by atoms with Crippen LogP contribution >= 0.6 is 0 Å². The second kappa shape index (κ2) is 7.10. The standard InChI is InChI=1S/C15H23NO/c1-3-5-13(6-4-2)14-9-7-12(8-10-14)11-15(16)17/h7-10,13H,3-6,11H2,1-2H3,(H2,16,17). The molecule has 0 aromatic heterocycles. The lowest BCUT2D eigenvalue weighted by Crippen LogP contribution is -2.13. The Hall–Kier alpha value is -1.31. The molecule has 17 heavy (non-hydrogen) atoms. The van der Waals surface area contributed by atoms with Crippen molar-refractivity contribution in [1.29, 1.82) is 0 Å². The normalized spacial score (nSPS) is 10.8. The van der Waals surface area contributed by atoms with E-state index in [9.17, 15) is 4.79 Å². The summed E-state index contributed by atoms with van der Waals surface area (Å²) in [7, 11) is 0. The Balaban J connectivity index is 2.72. The minimum absolute atomic E-state index is 0.267. The summed E-state index contributed by atoms with van der Waals surface area (Å²) in [6.07, 6.45) is 5.25. The van der Waals surface area contributed by atoms with Gasteiger partial charge in [0, 0.05) is 0 Å². The zero-order valence-electron chi connectivity index (χ0n) is 10.9. The van der Waals surface area contributed by atoms with E-state index in [4.69, 9.17) is 5.73 Å². The average molecular weight is 233 g/mol. The highest BCUT2D eigenvalue weighted by Gasteiger charge is 2.09. The number of rotatable bonds is 7. The SMILES string of the molecule is CCCC(CCC)c1ccc(CC(N)=O)cc1. The van der Waals surface area contributed by atoms with E-state index < -0.39 is 0 Å². The van der Waals surface area contributed by atoms with Gasteiger partial charge in [-0.15, -0.1) is 0 Å². The number of carbonyl (C=O) groups excluding carboxylic acids is 1. The monoisotopic (exact) mass is 233 g/mol. The Morgan fingerprint density at radius 2 is 1.65 bits per heavy atom. The van der Waals surface area contributed by atoms with Gasteiger partial charge >= 0.3 is 0 Å². The molecule has 94 valence electrons. The summed E-state index contributed by atoms with van der Waals surface area (Å²) in [6, 6.07) is 8.35. The van der Waals surface area contributed by atoms with E-state index in [1.807, 2.05) is 12.1 Å². The first-order valence-corrected chi connectivity index (χ1v) is 6.54. The number of nitrogens with two attached hydrogens (primary N) is 1. The lowest BCUT2D eigenvalue weighted by atomic mass is 9.90. The molecule has 0 saturated carbocycles. The molecule has 0 aliphatic rings. The van der Waals surface area contributed by atoms with Crippen LogP contribution < -0.4 is 5.73 Å². The average Bonchev–Trinajstić information content (AvgIpc) is 2.29. The van der Waals surface area contributed by atoms with Gasteiger partial charge in [0.2, 0.25) is 5.91 Å². The third-order valence-corrected chi connectivity index (χ3v) is 3.10. The first kappa shape index (κ1) is 13.8. The minimum Gasteiger partial charge on any atom is -0.369 e. The third kappa shape index (κ3) is 4.59. The predicted octanol–water partition coefficient (Wildman–Crippen LogP) is 3.40. The third-order valence-electron chi connectivity index (χ3n) is 3.10. The van der Waals surface area contributed by atoms with E-state index in [1.165, 1.54) is 31.2 Å². The van der Waals surface area contributed by atoms with Gasteiger partial charge < -0.3 is 5.73 Å². The zero-order valence-corrected chi connectivity index (χ0v) is 10.9. The number of hydrogen-bond donors (Lipinski definition) is 1. The zero-order chi connectivity index (χ0) is 12.7. The second-order valence-corrected chi connectivity index (χ2v) is 4.66. The Labute approximate surface area is 104 Å². The van der Waals surface area contributed by atoms with E-state index in [1.54, 1.807) is 0 Å². The second-order valence-electron chi connectivity index (χ2n) is 4.66. The van der Waals surface area contributed by atoms with Crippen molar-refractivity contribution >= 4 is 5.91 Å². The molecule has 0 bridgehead atoms. The van der Waals surface area contributed by atoms with E-state index in [-0.39, 0.29) is 5.91 Å². The Kier molecular flexibility index (Phi) is 5.75. The van der Waals surface area contributed by atoms with Crippen molar-refractivity contribution in [2.45, 2.75) is 51.9 Å². The van der Waals surface area contributed by atoms with Gasteiger partial charge in [-0.3, -0.25) is 4.79 Å². The fraction of sp³-hybridized carbons (Fsp3) is 0.533. The lowest BCUT2D eigenvalue weighted by molar-refractivity contribution is -0.117. The molecule has 2 N–H and O–H groups in total. The van der Waals surface area contributed by atoms with Crippen LogP contribution in [0.15, 0.2) is 24.3 Å². The molecule has 0 saturated heterocycles. The first-order chi connectivity index (χ1) is 8.17. The Morgan fingerprint density at radius 1 is 1.12 bits per heavy atom. The molecular formula is C15H23NO. The molecule has 0 radical (unpaired) electrons. The first-order valence-electron chi connectivity index (χ1n) is 6.54. The van der Waals surface area contributed by atoms with Crippen molar-refractivity contribution in [3.05, 3.63) is 35.4 Å². The van der Waals surface area contributed by atoms with Crippen molar-refractivity contribution in [2.24, 2.45) is 5.73 Å². The molecule has 0 spiro atoms. The molecule has 1 aromatic carbocycles. The van der Waals surface area contributed by atoms with Crippen molar-refractivity contribution in [2.75, 3.05) is 0 Å². The van der Waals surface area contributed by atoms with Crippen LogP contribution in [0.25, 0.3) is 0 Å².